The molecule has 136 valence electrons. The first kappa shape index (κ1) is 18.9. The molecule has 0 bridgehead atoms. The molecule has 0 aromatic heterocycles. The van der Waals surface area contributed by atoms with E-state index in [9.17, 15) is 19.7 Å². The standard InChI is InChI=1S/C18H19N3O5/c1-3-12-5-4-6-13(9-12)20-17(22)11-26-18(23)15-10-14(21(24)25)7-8-16(15)19-2/h4-10,19H,3,11H2,1-2H3,(H,20,22). The highest BCUT2D eigenvalue weighted by atomic mass is 16.6. The molecule has 0 radical (unpaired) electrons. The second-order valence-corrected chi connectivity index (χ2v) is 5.42. The lowest BCUT2D eigenvalue weighted by Crippen LogP contribution is -2.21. The van der Waals surface area contributed by atoms with E-state index in [1.54, 1.807) is 13.1 Å². The van der Waals surface area contributed by atoms with Gasteiger partial charge >= 0.3 is 5.97 Å². The van der Waals surface area contributed by atoms with Crippen LogP contribution in [0.4, 0.5) is 17.1 Å². The minimum absolute atomic E-state index is 0.0116. The average molecular weight is 357 g/mol. The van der Waals surface area contributed by atoms with E-state index in [2.05, 4.69) is 10.6 Å². The van der Waals surface area contributed by atoms with Gasteiger partial charge in [0.25, 0.3) is 11.6 Å². The SMILES string of the molecule is CCc1cccc(NC(=O)COC(=O)c2cc([N+](=O)[O-])ccc2NC)c1. The molecule has 8 nitrogen and oxygen atoms in total. The number of hydrogen-bond acceptors (Lipinski definition) is 6. The number of hydrogen-bond donors (Lipinski definition) is 2. The Labute approximate surface area is 150 Å². The van der Waals surface area contributed by atoms with E-state index >= 15 is 0 Å². The summed E-state index contributed by atoms with van der Waals surface area (Å²) >= 11 is 0. The van der Waals surface area contributed by atoms with Crippen LogP contribution < -0.4 is 10.6 Å². The molecule has 0 fully saturated rings. The zero-order chi connectivity index (χ0) is 19.1. The fourth-order valence-corrected chi connectivity index (χ4v) is 2.31. The van der Waals surface area contributed by atoms with Gasteiger partial charge in [-0.15, -0.1) is 0 Å². The minimum atomic E-state index is -0.824. The van der Waals surface area contributed by atoms with Crippen LogP contribution in [0.3, 0.4) is 0 Å². The minimum Gasteiger partial charge on any atom is -0.452 e. The number of ether oxygens (including phenoxy) is 1. The Kier molecular flexibility index (Phi) is 6.26. The van der Waals surface area contributed by atoms with E-state index in [1.807, 2.05) is 25.1 Å². The molecule has 2 rings (SSSR count). The van der Waals surface area contributed by atoms with Crippen molar-refractivity contribution in [2.75, 3.05) is 24.3 Å². The maximum atomic E-state index is 12.2. The highest BCUT2D eigenvalue weighted by Crippen LogP contribution is 2.22. The first-order chi connectivity index (χ1) is 12.4. The zero-order valence-electron chi connectivity index (χ0n) is 14.4. The summed E-state index contributed by atoms with van der Waals surface area (Å²) in [6.45, 7) is 1.50. The zero-order valence-corrected chi connectivity index (χ0v) is 14.4. The maximum absolute atomic E-state index is 12.2. The largest absolute Gasteiger partial charge is 0.452 e. The van der Waals surface area contributed by atoms with Crippen LogP contribution in [-0.4, -0.2) is 30.5 Å². The van der Waals surface area contributed by atoms with Crippen LogP contribution in [-0.2, 0) is 16.0 Å². The fraction of sp³-hybridized carbons (Fsp3) is 0.222. The van der Waals surface area contributed by atoms with Crippen molar-refractivity contribution in [1.82, 2.24) is 0 Å². The molecule has 0 aliphatic carbocycles. The molecule has 0 saturated heterocycles. The predicted octanol–water partition coefficient (Wildman–Crippen LogP) is 2.99. The quantitative estimate of drug-likeness (QED) is 0.448. The van der Waals surface area contributed by atoms with Gasteiger partial charge in [0.15, 0.2) is 6.61 Å². The molecular formula is C18H19N3O5. The summed E-state index contributed by atoms with van der Waals surface area (Å²) in [5, 5.41) is 16.3. The third kappa shape index (κ3) is 4.79. The van der Waals surface area contributed by atoms with Crippen LogP contribution in [0.2, 0.25) is 0 Å². The molecule has 1 amide bonds. The number of nitrogens with zero attached hydrogens (tertiary/aromatic N) is 1. The van der Waals surface area contributed by atoms with Crippen LogP contribution in [0.1, 0.15) is 22.8 Å². The Bertz CT molecular complexity index is 835. The summed E-state index contributed by atoms with van der Waals surface area (Å²) in [4.78, 5) is 34.4. The smallest absolute Gasteiger partial charge is 0.341 e. The van der Waals surface area contributed by atoms with Crippen molar-refractivity contribution in [3.8, 4) is 0 Å². The Hall–Kier alpha value is -3.42. The maximum Gasteiger partial charge on any atom is 0.341 e. The number of amides is 1. The van der Waals surface area contributed by atoms with Gasteiger partial charge in [-0.25, -0.2) is 4.79 Å². The van der Waals surface area contributed by atoms with Crippen LogP contribution in [0, 0.1) is 10.1 Å². The highest BCUT2D eigenvalue weighted by Gasteiger charge is 2.18. The lowest BCUT2D eigenvalue weighted by molar-refractivity contribution is -0.384. The topological polar surface area (TPSA) is 111 Å². The highest BCUT2D eigenvalue weighted by molar-refractivity contribution is 5.99. The van der Waals surface area contributed by atoms with Crippen molar-refractivity contribution < 1.29 is 19.2 Å². The Morgan fingerprint density at radius 2 is 1.96 bits per heavy atom. The van der Waals surface area contributed by atoms with Gasteiger partial charge in [-0.05, 0) is 30.2 Å². The molecule has 26 heavy (non-hydrogen) atoms. The Morgan fingerprint density at radius 3 is 2.62 bits per heavy atom. The fourth-order valence-electron chi connectivity index (χ4n) is 2.31. The first-order valence-corrected chi connectivity index (χ1v) is 7.96. The lowest BCUT2D eigenvalue weighted by atomic mass is 10.1. The molecule has 2 N–H and O–H groups in total. The van der Waals surface area contributed by atoms with Gasteiger partial charge in [-0.1, -0.05) is 19.1 Å². The van der Waals surface area contributed by atoms with Crippen molar-refractivity contribution >= 4 is 28.9 Å². The third-order valence-corrected chi connectivity index (χ3v) is 3.66. The molecule has 0 unspecified atom stereocenters. The summed E-state index contributed by atoms with van der Waals surface area (Å²) in [6, 6.07) is 11.1. The number of carbonyl (C=O) groups excluding carboxylic acids is 2. The summed E-state index contributed by atoms with van der Waals surface area (Å²) in [7, 11) is 1.57. The van der Waals surface area contributed by atoms with Crippen molar-refractivity contribution in [1.29, 1.82) is 0 Å². The van der Waals surface area contributed by atoms with Gasteiger partial charge in [0.1, 0.15) is 0 Å². The number of nitro benzene ring substituents is 1. The number of non-ortho nitro benzene ring substituents is 1. The second kappa shape index (κ2) is 8.61. The number of aryl methyl sites for hydroxylation is 1. The number of rotatable bonds is 7. The van der Waals surface area contributed by atoms with Crippen LogP contribution in [0.25, 0.3) is 0 Å². The van der Waals surface area contributed by atoms with E-state index in [4.69, 9.17) is 4.74 Å². The summed E-state index contributed by atoms with van der Waals surface area (Å²) in [6.07, 6.45) is 0.832. The number of nitro groups is 1. The van der Waals surface area contributed by atoms with E-state index in [1.165, 1.54) is 12.1 Å². The van der Waals surface area contributed by atoms with Gasteiger partial charge in [-0.3, -0.25) is 14.9 Å². The first-order valence-electron chi connectivity index (χ1n) is 7.96. The van der Waals surface area contributed by atoms with Gasteiger partial charge in [0.2, 0.25) is 0 Å². The predicted molar refractivity (Wildman–Crippen MR) is 97.4 cm³/mol. The molecule has 0 aliphatic rings. The van der Waals surface area contributed by atoms with E-state index in [-0.39, 0.29) is 11.3 Å². The summed E-state index contributed by atoms with van der Waals surface area (Å²) in [5.74, 6) is -1.32. The molecular weight excluding hydrogens is 338 g/mol. The van der Waals surface area contributed by atoms with E-state index < -0.39 is 23.4 Å². The Morgan fingerprint density at radius 1 is 1.19 bits per heavy atom. The number of esters is 1. The molecule has 2 aromatic carbocycles. The van der Waals surface area contributed by atoms with E-state index in [0.717, 1.165) is 18.1 Å². The Balaban J connectivity index is 2.02. The van der Waals surface area contributed by atoms with Gasteiger partial charge in [0, 0.05) is 30.6 Å². The van der Waals surface area contributed by atoms with Gasteiger partial charge in [0.05, 0.1) is 10.5 Å². The second-order valence-electron chi connectivity index (χ2n) is 5.42. The molecule has 0 saturated carbocycles. The van der Waals surface area contributed by atoms with Crippen LogP contribution in [0.5, 0.6) is 0 Å². The summed E-state index contributed by atoms with van der Waals surface area (Å²) in [5.41, 5.74) is 1.79. The molecule has 0 spiro atoms. The van der Waals surface area contributed by atoms with Crippen molar-refractivity contribution in [3.63, 3.8) is 0 Å². The number of nitrogens with one attached hydrogen (secondary N) is 2. The van der Waals surface area contributed by atoms with Crippen molar-refractivity contribution in [3.05, 3.63) is 63.7 Å². The normalized spacial score (nSPS) is 10.1. The number of carbonyl (C=O) groups is 2. The molecule has 2 aromatic rings. The van der Waals surface area contributed by atoms with E-state index in [0.29, 0.717) is 11.4 Å². The van der Waals surface area contributed by atoms with Gasteiger partial charge < -0.3 is 15.4 Å². The van der Waals surface area contributed by atoms with Crippen LogP contribution in [0.15, 0.2) is 42.5 Å². The van der Waals surface area contributed by atoms with Crippen LogP contribution >= 0.6 is 0 Å². The molecule has 0 atom stereocenters. The lowest BCUT2D eigenvalue weighted by Gasteiger charge is -2.10. The number of anilines is 2. The molecule has 0 aliphatic heterocycles. The van der Waals surface area contributed by atoms with Crippen molar-refractivity contribution in [2.45, 2.75) is 13.3 Å². The average Bonchev–Trinajstić information content (AvgIpc) is 2.65. The molecule has 0 heterocycles. The monoisotopic (exact) mass is 357 g/mol. The summed E-state index contributed by atoms with van der Waals surface area (Å²) < 4.78 is 4.98. The molecule has 8 heteroatoms. The third-order valence-electron chi connectivity index (χ3n) is 3.66. The van der Waals surface area contributed by atoms with Gasteiger partial charge in [-0.2, -0.15) is 0 Å². The van der Waals surface area contributed by atoms with Crippen molar-refractivity contribution in [2.24, 2.45) is 0 Å². The number of benzene rings is 2.